The highest BCUT2D eigenvalue weighted by atomic mass is 35.5. The molecule has 7 nitrogen and oxygen atoms in total. The zero-order valence-electron chi connectivity index (χ0n) is 18.8. The number of anilines is 2. The van der Waals surface area contributed by atoms with Crippen LogP contribution in [0.15, 0.2) is 60.0 Å². The third-order valence-corrected chi connectivity index (χ3v) is 7.00. The van der Waals surface area contributed by atoms with E-state index in [1.807, 2.05) is 18.4 Å². The number of halogens is 1. The molecule has 4 amide bonds. The summed E-state index contributed by atoms with van der Waals surface area (Å²) in [6, 6.07) is 14.1. The number of nitrogens with zero attached hydrogens (tertiary/aromatic N) is 2. The molecule has 1 aliphatic rings. The molecule has 2 aromatic carbocycles. The largest absolute Gasteiger partial charge is 0.497 e. The van der Waals surface area contributed by atoms with Crippen molar-refractivity contribution in [2.75, 3.05) is 23.9 Å². The van der Waals surface area contributed by atoms with Crippen molar-refractivity contribution >= 4 is 52.2 Å². The monoisotopic (exact) mass is 497 g/mol. The van der Waals surface area contributed by atoms with Gasteiger partial charge in [-0.2, -0.15) is 0 Å². The molecule has 0 bridgehead atoms. The number of carbonyl (C=O) groups is 3. The molecule has 0 saturated carbocycles. The van der Waals surface area contributed by atoms with Gasteiger partial charge in [0, 0.05) is 22.1 Å². The summed E-state index contributed by atoms with van der Waals surface area (Å²) in [5.41, 5.74) is 2.11. The molecule has 9 heteroatoms. The lowest BCUT2D eigenvalue weighted by Crippen LogP contribution is -2.39. The number of benzene rings is 2. The Kier molecular flexibility index (Phi) is 7.19. The third kappa shape index (κ3) is 5.08. The molecule has 1 fully saturated rings. The second-order valence-corrected chi connectivity index (χ2v) is 9.34. The van der Waals surface area contributed by atoms with Gasteiger partial charge in [-0.1, -0.05) is 17.7 Å². The first-order valence-corrected chi connectivity index (χ1v) is 12.0. The number of carbonyl (C=O) groups excluding carboxylic acids is 3. The average Bonchev–Trinajstić information content (AvgIpc) is 3.32. The standard InChI is InChI=1S/C25H24ClN3O4S/c1-16-11-13-34-22(16)10-12-28-21(15-23(30)27-18-6-8-20(33-2)9-7-18)24(31)29(25(28)32)19-5-3-4-17(26)14-19/h3-9,11,13-14,21H,10,12,15H2,1-2H3,(H,27,30)/t21-/m1/s1. The molecular formula is C25H24ClN3O4S. The summed E-state index contributed by atoms with van der Waals surface area (Å²) < 4.78 is 5.13. The van der Waals surface area contributed by atoms with Crippen LogP contribution in [0.4, 0.5) is 16.2 Å². The van der Waals surface area contributed by atoms with Gasteiger partial charge in [-0.15, -0.1) is 11.3 Å². The van der Waals surface area contributed by atoms with E-state index < -0.39 is 18.0 Å². The second kappa shape index (κ2) is 10.3. The van der Waals surface area contributed by atoms with E-state index in [2.05, 4.69) is 5.32 Å². The zero-order valence-corrected chi connectivity index (χ0v) is 20.4. The van der Waals surface area contributed by atoms with E-state index in [1.165, 1.54) is 4.90 Å². The molecule has 176 valence electrons. The van der Waals surface area contributed by atoms with Crippen LogP contribution in [0.5, 0.6) is 5.75 Å². The van der Waals surface area contributed by atoms with E-state index in [-0.39, 0.29) is 12.3 Å². The number of rotatable bonds is 8. The molecule has 34 heavy (non-hydrogen) atoms. The van der Waals surface area contributed by atoms with Gasteiger partial charge in [0.15, 0.2) is 0 Å². The van der Waals surface area contributed by atoms with Crippen LogP contribution in [0.25, 0.3) is 0 Å². The summed E-state index contributed by atoms with van der Waals surface area (Å²) in [5, 5.41) is 5.21. The minimum absolute atomic E-state index is 0.156. The first-order chi connectivity index (χ1) is 16.4. The van der Waals surface area contributed by atoms with Crippen molar-refractivity contribution in [2.24, 2.45) is 0 Å². The van der Waals surface area contributed by atoms with E-state index in [4.69, 9.17) is 16.3 Å². The van der Waals surface area contributed by atoms with Gasteiger partial charge in [-0.05, 0) is 72.8 Å². The molecule has 1 atom stereocenters. The molecule has 1 N–H and O–H groups in total. The molecular weight excluding hydrogens is 474 g/mol. The van der Waals surface area contributed by atoms with Crippen molar-refractivity contribution in [3.8, 4) is 5.75 Å². The minimum atomic E-state index is -0.912. The molecule has 2 heterocycles. The van der Waals surface area contributed by atoms with Crippen molar-refractivity contribution in [2.45, 2.75) is 25.8 Å². The smallest absolute Gasteiger partial charge is 0.332 e. The molecule has 1 aliphatic heterocycles. The summed E-state index contributed by atoms with van der Waals surface area (Å²) in [4.78, 5) is 43.3. The quantitative estimate of drug-likeness (QED) is 0.438. The number of imide groups is 1. The molecule has 0 unspecified atom stereocenters. The number of thiophene rings is 1. The van der Waals surface area contributed by atoms with Crippen LogP contribution >= 0.6 is 22.9 Å². The van der Waals surface area contributed by atoms with Crippen LogP contribution in [0.1, 0.15) is 16.9 Å². The van der Waals surface area contributed by atoms with Gasteiger partial charge in [0.1, 0.15) is 11.8 Å². The topological polar surface area (TPSA) is 79.0 Å². The Morgan fingerprint density at radius 3 is 2.56 bits per heavy atom. The Hall–Kier alpha value is -3.36. The van der Waals surface area contributed by atoms with Crippen LogP contribution in [0, 0.1) is 6.92 Å². The Morgan fingerprint density at radius 2 is 1.91 bits per heavy atom. The van der Waals surface area contributed by atoms with Crippen molar-refractivity contribution in [3.63, 3.8) is 0 Å². The van der Waals surface area contributed by atoms with Gasteiger partial charge in [0.2, 0.25) is 5.91 Å². The van der Waals surface area contributed by atoms with Gasteiger partial charge in [0.25, 0.3) is 5.91 Å². The highest BCUT2D eigenvalue weighted by Gasteiger charge is 2.46. The number of methoxy groups -OCH3 is 1. The van der Waals surface area contributed by atoms with Crippen LogP contribution < -0.4 is 15.0 Å². The van der Waals surface area contributed by atoms with E-state index in [1.54, 1.807) is 67.0 Å². The summed E-state index contributed by atoms with van der Waals surface area (Å²) in [5.74, 6) is -0.136. The maximum absolute atomic E-state index is 13.4. The summed E-state index contributed by atoms with van der Waals surface area (Å²) in [6.07, 6.45) is 0.444. The Balaban J connectivity index is 1.55. The van der Waals surface area contributed by atoms with Gasteiger partial charge >= 0.3 is 6.03 Å². The van der Waals surface area contributed by atoms with Crippen LogP contribution in [-0.2, 0) is 16.0 Å². The van der Waals surface area contributed by atoms with Crippen molar-refractivity contribution in [1.82, 2.24) is 4.90 Å². The fourth-order valence-electron chi connectivity index (χ4n) is 3.88. The number of amides is 4. The summed E-state index contributed by atoms with van der Waals surface area (Å²) in [7, 11) is 1.56. The third-order valence-electron chi connectivity index (χ3n) is 5.69. The normalized spacial score (nSPS) is 15.7. The predicted octanol–water partition coefficient (Wildman–Crippen LogP) is 5.13. The van der Waals surface area contributed by atoms with Gasteiger partial charge in [0.05, 0.1) is 19.2 Å². The molecule has 4 rings (SSSR count). The molecule has 3 aromatic rings. The lowest BCUT2D eigenvalue weighted by Gasteiger charge is -2.21. The Morgan fingerprint density at radius 1 is 1.15 bits per heavy atom. The van der Waals surface area contributed by atoms with E-state index >= 15 is 0 Å². The fraction of sp³-hybridized carbons (Fsp3) is 0.240. The summed E-state index contributed by atoms with van der Waals surface area (Å²) >= 11 is 7.71. The summed E-state index contributed by atoms with van der Waals surface area (Å²) in [6.45, 7) is 2.34. The van der Waals surface area contributed by atoms with Gasteiger partial charge in [-0.25, -0.2) is 9.69 Å². The van der Waals surface area contributed by atoms with Crippen LogP contribution in [0.3, 0.4) is 0 Å². The molecule has 0 aliphatic carbocycles. The first kappa shape index (κ1) is 23.8. The maximum Gasteiger partial charge on any atom is 0.332 e. The molecule has 0 radical (unpaired) electrons. The SMILES string of the molecule is COc1ccc(NC(=O)C[C@@H]2C(=O)N(c3cccc(Cl)c3)C(=O)N2CCc2sccc2C)cc1. The van der Waals surface area contributed by atoms with E-state index in [0.29, 0.717) is 35.1 Å². The molecule has 0 spiro atoms. The molecule has 1 aromatic heterocycles. The highest BCUT2D eigenvalue weighted by Crippen LogP contribution is 2.30. The minimum Gasteiger partial charge on any atom is -0.497 e. The number of nitrogens with one attached hydrogen (secondary N) is 1. The van der Waals surface area contributed by atoms with Gasteiger partial charge < -0.3 is 15.0 Å². The van der Waals surface area contributed by atoms with Crippen LogP contribution in [0.2, 0.25) is 5.02 Å². The van der Waals surface area contributed by atoms with Crippen LogP contribution in [-0.4, -0.2) is 42.4 Å². The number of ether oxygens (including phenoxy) is 1. The molecule has 1 saturated heterocycles. The number of hydrogen-bond donors (Lipinski definition) is 1. The van der Waals surface area contributed by atoms with Crippen molar-refractivity contribution < 1.29 is 19.1 Å². The lowest BCUT2D eigenvalue weighted by atomic mass is 10.1. The Labute approximate surface area is 206 Å². The van der Waals surface area contributed by atoms with Crippen molar-refractivity contribution in [3.05, 3.63) is 75.4 Å². The predicted molar refractivity (Wildman–Crippen MR) is 134 cm³/mol. The van der Waals surface area contributed by atoms with Gasteiger partial charge in [-0.3, -0.25) is 9.59 Å². The maximum atomic E-state index is 13.4. The van der Waals surface area contributed by atoms with E-state index in [0.717, 1.165) is 15.3 Å². The van der Waals surface area contributed by atoms with Crippen molar-refractivity contribution in [1.29, 1.82) is 0 Å². The number of hydrogen-bond acceptors (Lipinski definition) is 5. The zero-order chi connectivity index (χ0) is 24.2. The fourth-order valence-corrected chi connectivity index (χ4v) is 4.97. The van der Waals surface area contributed by atoms with E-state index in [9.17, 15) is 14.4 Å². The number of aryl methyl sites for hydroxylation is 1. The lowest BCUT2D eigenvalue weighted by molar-refractivity contribution is -0.124. The second-order valence-electron chi connectivity index (χ2n) is 7.90. The highest BCUT2D eigenvalue weighted by molar-refractivity contribution is 7.10. The first-order valence-electron chi connectivity index (χ1n) is 10.7. The Bertz CT molecular complexity index is 1210. The number of urea groups is 1. The average molecular weight is 498 g/mol.